The molecule has 0 saturated heterocycles. The van der Waals surface area contributed by atoms with Gasteiger partial charge < -0.3 is 13.7 Å². The van der Waals surface area contributed by atoms with Crippen LogP contribution in [0.4, 0.5) is 0 Å². The van der Waals surface area contributed by atoms with Crippen LogP contribution in [0.1, 0.15) is 5.89 Å². The van der Waals surface area contributed by atoms with Crippen LogP contribution in [-0.2, 0) is 13.6 Å². The van der Waals surface area contributed by atoms with Crippen molar-refractivity contribution < 1.29 is 4.52 Å². The Hall–Kier alpha value is -2.67. The molecular weight excluding hydrogens is 300 g/mol. The van der Waals surface area contributed by atoms with Crippen LogP contribution in [0.5, 0.6) is 0 Å². The number of aryl methyl sites for hydroxylation is 1. The van der Waals surface area contributed by atoms with E-state index < -0.39 is 0 Å². The lowest BCUT2D eigenvalue weighted by Crippen LogP contribution is -2.21. The Morgan fingerprint density at radius 1 is 1.27 bits per heavy atom. The van der Waals surface area contributed by atoms with Crippen molar-refractivity contribution in [1.82, 2.24) is 19.3 Å². The van der Waals surface area contributed by atoms with Crippen molar-refractivity contribution >= 4 is 22.2 Å². The second-order valence-electron chi connectivity index (χ2n) is 5.00. The fourth-order valence-electron chi connectivity index (χ4n) is 2.43. The van der Waals surface area contributed by atoms with Gasteiger partial charge >= 0.3 is 0 Å². The van der Waals surface area contributed by atoms with E-state index in [1.807, 2.05) is 46.8 Å². The first kappa shape index (κ1) is 13.0. The molecule has 0 aromatic carbocycles. The lowest BCUT2D eigenvalue weighted by atomic mass is 10.3. The third-order valence-corrected chi connectivity index (χ3v) is 4.24. The second-order valence-corrected chi connectivity index (χ2v) is 5.78. The van der Waals surface area contributed by atoms with Gasteiger partial charge in [-0.1, -0.05) is 5.16 Å². The molecule has 0 atom stereocenters. The standard InChI is InChI=1S/C15H12N4O2S/c1-18-5-2-10-3-6-19(15(20)13(10)18)8-12-16-14(17-21-12)11-4-7-22-9-11/h2-7,9H,8H2,1H3. The van der Waals surface area contributed by atoms with Crippen molar-refractivity contribution in [2.75, 3.05) is 0 Å². The zero-order chi connectivity index (χ0) is 15.1. The SMILES string of the molecule is Cn1ccc2ccn(Cc3nc(-c4ccsc4)no3)c(=O)c21. The number of pyridine rings is 1. The molecule has 4 aromatic rings. The highest BCUT2D eigenvalue weighted by Gasteiger charge is 2.12. The zero-order valence-electron chi connectivity index (χ0n) is 11.8. The summed E-state index contributed by atoms with van der Waals surface area (Å²) < 4.78 is 8.64. The van der Waals surface area contributed by atoms with E-state index in [0.29, 0.717) is 17.2 Å². The number of rotatable bonds is 3. The molecule has 4 rings (SSSR count). The maximum absolute atomic E-state index is 12.5. The summed E-state index contributed by atoms with van der Waals surface area (Å²) >= 11 is 1.57. The van der Waals surface area contributed by atoms with Gasteiger partial charge in [0.05, 0.1) is 0 Å². The number of thiophene rings is 1. The average Bonchev–Trinajstić information content (AvgIpc) is 3.23. The Bertz CT molecular complexity index is 994. The van der Waals surface area contributed by atoms with Crippen LogP contribution in [0.15, 0.2) is 50.7 Å². The van der Waals surface area contributed by atoms with E-state index in [1.165, 1.54) is 0 Å². The van der Waals surface area contributed by atoms with Gasteiger partial charge in [0.1, 0.15) is 12.1 Å². The van der Waals surface area contributed by atoms with E-state index in [0.717, 1.165) is 10.9 Å². The molecule has 4 aromatic heterocycles. The molecule has 0 spiro atoms. The number of hydrogen-bond donors (Lipinski definition) is 0. The molecule has 0 aliphatic rings. The highest BCUT2D eigenvalue weighted by molar-refractivity contribution is 7.08. The normalized spacial score (nSPS) is 11.3. The van der Waals surface area contributed by atoms with Gasteiger partial charge in [0.25, 0.3) is 5.56 Å². The molecule has 0 fully saturated rings. The first-order valence-corrected chi connectivity index (χ1v) is 7.66. The molecule has 0 unspecified atom stereocenters. The highest BCUT2D eigenvalue weighted by Crippen LogP contribution is 2.19. The molecule has 22 heavy (non-hydrogen) atoms. The monoisotopic (exact) mass is 312 g/mol. The second kappa shape index (κ2) is 4.96. The van der Waals surface area contributed by atoms with Gasteiger partial charge in [-0.3, -0.25) is 4.79 Å². The number of fused-ring (bicyclic) bond motifs is 1. The van der Waals surface area contributed by atoms with Gasteiger partial charge in [-0.25, -0.2) is 0 Å². The quantitative estimate of drug-likeness (QED) is 0.583. The maximum atomic E-state index is 12.5. The molecule has 7 heteroatoms. The lowest BCUT2D eigenvalue weighted by molar-refractivity contribution is 0.370. The minimum absolute atomic E-state index is 0.0692. The summed E-state index contributed by atoms with van der Waals surface area (Å²) in [5, 5.41) is 8.79. The van der Waals surface area contributed by atoms with Crippen molar-refractivity contribution in [3.63, 3.8) is 0 Å². The minimum Gasteiger partial charge on any atom is -0.346 e. The first-order valence-electron chi connectivity index (χ1n) is 6.72. The Kier molecular flexibility index (Phi) is 2.93. The van der Waals surface area contributed by atoms with Crippen LogP contribution >= 0.6 is 11.3 Å². The molecule has 0 bridgehead atoms. The average molecular weight is 312 g/mol. The summed E-state index contributed by atoms with van der Waals surface area (Å²) in [6, 6.07) is 5.76. The summed E-state index contributed by atoms with van der Waals surface area (Å²) in [6.45, 7) is 0.261. The van der Waals surface area contributed by atoms with Crippen molar-refractivity contribution in [3.05, 3.63) is 57.6 Å². The molecule has 0 aliphatic carbocycles. The summed E-state index contributed by atoms with van der Waals surface area (Å²) in [4.78, 5) is 16.8. The van der Waals surface area contributed by atoms with E-state index >= 15 is 0 Å². The maximum Gasteiger partial charge on any atom is 0.275 e. The number of hydrogen-bond acceptors (Lipinski definition) is 5. The van der Waals surface area contributed by atoms with Crippen molar-refractivity contribution in [2.45, 2.75) is 6.54 Å². The zero-order valence-corrected chi connectivity index (χ0v) is 12.6. The highest BCUT2D eigenvalue weighted by atomic mass is 32.1. The molecule has 6 nitrogen and oxygen atoms in total. The molecular formula is C15H12N4O2S. The molecule has 0 amide bonds. The molecule has 0 N–H and O–H groups in total. The predicted octanol–water partition coefficient (Wildman–Crippen LogP) is 2.50. The van der Waals surface area contributed by atoms with E-state index in [4.69, 9.17) is 4.52 Å². The summed E-state index contributed by atoms with van der Waals surface area (Å²) in [6.07, 6.45) is 3.62. The van der Waals surface area contributed by atoms with Gasteiger partial charge in [0.15, 0.2) is 0 Å². The van der Waals surface area contributed by atoms with Gasteiger partial charge in [-0.2, -0.15) is 16.3 Å². The van der Waals surface area contributed by atoms with Gasteiger partial charge in [-0.05, 0) is 23.6 Å². The van der Waals surface area contributed by atoms with Gasteiger partial charge in [0.2, 0.25) is 11.7 Å². The predicted molar refractivity (Wildman–Crippen MR) is 83.9 cm³/mol. The van der Waals surface area contributed by atoms with Crippen molar-refractivity contribution in [1.29, 1.82) is 0 Å². The third-order valence-electron chi connectivity index (χ3n) is 3.55. The van der Waals surface area contributed by atoms with E-state index in [2.05, 4.69) is 10.1 Å². The van der Waals surface area contributed by atoms with Crippen LogP contribution in [0.25, 0.3) is 22.3 Å². The summed E-state index contributed by atoms with van der Waals surface area (Å²) in [5.41, 5.74) is 1.52. The van der Waals surface area contributed by atoms with Crippen LogP contribution in [-0.4, -0.2) is 19.3 Å². The van der Waals surface area contributed by atoms with Crippen LogP contribution < -0.4 is 5.56 Å². The largest absolute Gasteiger partial charge is 0.346 e. The molecule has 0 aliphatic heterocycles. The van der Waals surface area contributed by atoms with E-state index in [9.17, 15) is 4.79 Å². The summed E-state index contributed by atoms with van der Waals surface area (Å²) in [7, 11) is 1.86. The smallest absolute Gasteiger partial charge is 0.275 e. The molecule has 0 radical (unpaired) electrons. The Balaban J connectivity index is 1.71. The topological polar surface area (TPSA) is 65.8 Å². The molecule has 0 saturated carbocycles. The van der Waals surface area contributed by atoms with Gasteiger partial charge in [0, 0.05) is 35.8 Å². The summed E-state index contributed by atoms with van der Waals surface area (Å²) in [5.74, 6) is 0.959. The Labute approximate surface area is 129 Å². The lowest BCUT2D eigenvalue weighted by Gasteiger charge is -2.03. The van der Waals surface area contributed by atoms with Crippen molar-refractivity contribution in [3.8, 4) is 11.4 Å². The minimum atomic E-state index is -0.0692. The van der Waals surface area contributed by atoms with Gasteiger partial charge in [-0.15, -0.1) is 0 Å². The number of aromatic nitrogens is 4. The van der Waals surface area contributed by atoms with Crippen LogP contribution in [0.3, 0.4) is 0 Å². The number of nitrogens with zero attached hydrogens (tertiary/aromatic N) is 4. The fourth-order valence-corrected chi connectivity index (χ4v) is 3.06. The molecule has 4 heterocycles. The van der Waals surface area contributed by atoms with E-state index in [1.54, 1.807) is 22.1 Å². The first-order chi connectivity index (χ1) is 10.7. The Morgan fingerprint density at radius 3 is 2.95 bits per heavy atom. The van der Waals surface area contributed by atoms with Crippen molar-refractivity contribution in [2.24, 2.45) is 7.05 Å². The fraction of sp³-hybridized carbons (Fsp3) is 0.133. The van der Waals surface area contributed by atoms with Crippen LogP contribution in [0.2, 0.25) is 0 Å². The Morgan fingerprint density at radius 2 is 2.14 bits per heavy atom. The van der Waals surface area contributed by atoms with Crippen LogP contribution in [0, 0.1) is 0 Å². The molecule has 110 valence electrons. The third kappa shape index (κ3) is 2.06. The van der Waals surface area contributed by atoms with E-state index in [-0.39, 0.29) is 12.1 Å².